The molecule has 2 saturated heterocycles. The molecule has 4 heterocycles. The topological polar surface area (TPSA) is 139 Å². The molecule has 0 spiro atoms. The second kappa shape index (κ2) is 11.7. The number of carboxylic acids is 1. The first-order chi connectivity index (χ1) is 19.9. The van der Waals surface area contributed by atoms with Gasteiger partial charge in [0.1, 0.15) is 12.1 Å². The van der Waals surface area contributed by atoms with Gasteiger partial charge >= 0.3 is 18.2 Å². The molecule has 2 atom stereocenters. The Balaban J connectivity index is 0.000000451. The number of hydrogen-bond donors (Lipinski definition) is 3. The van der Waals surface area contributed by atoms with Crippen molar-refractivity contribution in [3.05, 3.63) is 46.4 Å². The van der Waals surface area contributed by atoms with Crippen molar-refractivity contribution in [1.29, 1.82) is 0 Å². The largest absolute Gasteiger partial charge is 0.490 e. The number of likely N-dealkylation sites (tertiary alicyclic amines) is 1. The Hall–Kier alpha value is -4.07. The summed E-state index contributed by atoms with van der Waals surface area (Å²) in [6, 6.07) is 6.05. The van der Waals surface area contributed by atoms with Gasteiger partial charge in [-0.05, 0) is 55.4 Å². The summed E-state index contributed by atoms with van der Waals surface area (Å²) in [5.74, 6) is -1.04. The number of anilines is 2. The minimum absolute atomic E-state index is 0.404. The lowest BCUT2D eigenvalue weighted by atomic mass is 10.0. The number of benzene rings is 1. The standard InChI is InChI=1S/C25H28ClN7O2.C2HF3O2/c1-15-2-3-19(26)11-21(15)31-4-6-32(7-5-31)24-22-20(29-30-23(22)27-14-28-24)10-16-8-17-12-33(25(34)35)13-18(17)9-16;3-2(4,5)1(6)7/h2-3,10-11,14,17-18H,4-9,12-13H2,1H3,(H,34,35)(H,27,28,29,30);(H,6,7)/t17-,18+;. The van der Waals surface area contributed by atoms with Gasteiger partial charge < -0.3 is 24.9 Å². The molecule has 3 aliphatic rings. The van der Waals surface area contributed by atoms with Gasteiger partial charge in [-0.3, -0.25) is 5.10 Å². The van der Waals surface area contributed by atoms with E-state index in [9.17, 15) is 23.1 Å². The smallest absolute Gasteiger partial charge is 0.475 e. The van der Waals surface area contributed by atoms with E-state index in [0.29, 0.717) is 24.9 Å². The third-order valence-corrected chi connectivity index (χ3v) is 8.17. The lowest BCUT2D eigenvalue weighted by molar-refractivity contribution is -0.192. The van der Waals surface area contributed by atoms with Crippen LogP contribution in [0.15, 0.2) is 30.1 Å². The number of nitrogens with zero attached hydrogens (tertiary/aromatic N) is 6. The van der Waals surface area contributed by atoms with Gasteiger partial charge in [-0.2, -0.15) is 18.3 Å². The minimum Gasteiger partial charge on any atom is -0.475 e. The molecule has 11 nitrogen and oxygen atoms in total. The highest BCUT2D eigenvalue weighted by Gasteiger charge is 2.40. The van der Waals surface area contributed by atoms with Crippen LogP contribution in [0.5, 0.6) is 0 Å². The summed E-state index contributed by atoms with van der Waals surface area (Å²) in [5, 5.41) is 25.8. The fourth-order valence-corrected chi connectivity index (χ4v) is 6.08. The second-order valence-corrected chi connectivity index (χ2v) is 11.1. The van der Waals surface area contributed by atoms with Gasteiger partial charge in [-0.15, -0.1) is 0 Å². The molecule has 6 rings (SSSR count). The van der Waals surface area contributed by atoms with Crippen LogP contribution in [0.2, 0.25) is 5.02 Å². The first-order valence-electron chi connectivity index (χ1n) is 13.3. The van der Waals surface area contributed by atoms with Crippen LogP contribution in [0.1, 0.15) is 24.1 Å². The number of halogens is 4. The number of aromatic amines is 1. The summed E-state index contributed by atoms with van der Waals surface area (Å²) >= 11 is 6.25. The molecule has 3 fully saturated rings. The lowest BCUT2D eigenvalue weighted by Gasteiger charge is -2.37. The number of hydrogen-bond acceptors (Lipinski definition) is 7. The molecule has 0 bridgehead atoms. The van der Waals surface area contributed by atoms with Crippen LogP contribution in [-0.2, 0) is 4.79 Å². The maximum Gasteiger partial charge on any atom is 0.490 e. The molecule has 15 heteroatoms. The molecule has 3 N–H and O–H groups in total. The summed E-state index contributed by atoms with van der Waals surface area (Å²) in [5.41, 5.74) is 5.35. The van der Waals surface area contributed by atoms with Crippen molar-refractivity contribution in [2.24, 2.45) is 11.8 Å². The zero-order chi connectivity index (χ0) is 30.2. The van der Waals surface area contributed by atoms with Crippen LogP contribution in [0.4, 0.5) is 29.5 Å². The van der Waals surface area contributed by atoms with Gasteiger partial charge in [0.2, 0.25) is 0 Å². The van der Waals surface area contributed by atoms with Crippen LogP contribution in [0.25, 0.3) is 17.1 Å². The first kappa shape index (κ1) is 29.4. The van der Waals surface area contributed by atoms with E-state index in [4.69, 9.17) is 21.5 Å². The Morgan fingerprint density at radius 2 is 1.67 bits per heavy atom. The van der Waals surface area contributed by atoms with E-state index in [1.54, 1.807) is 11.2 Å². The average Bonchev–Trinajstić information content (AvgIpc) is 3.64. The highest BCUT2D eigenvalue weighted by molar-refractivity contribution is 6.30. The number of carbonyl (C=O) groups is 2. The maximum absolute atomic E-state index is 11.3. The van der Waals surface area contributed by atoms with Crippen molar-refractivity contribution in [2.45, 2.75) is 25.9 Å². The van der Waals surface area contributed by atoms with Crippen LogP contribution in [-0.4, -0.2) is 92.8 Å². The van der Waals surface area contributed by atoms with Crippen LogP contribution < -0.4 is 9.80 Å². The number of aliphatic carboxylic acids is 1. The molecule has 1 aromatic carbocycles. The quantitative estimate of drug-likeness (QED) is 0.387. The molecule has 2 aliphatic heterocycles. The predicted octanol–water partition coefficient (Wildman–Crippen LogP) is 4.68. The summed E-state index contributed by atoms with van der Waals surface area (Å²) < 4.78 is 31.7. The van der Waals surface area contributed by atoms with E-state index in [1.807, 2.05) is 12.1 Å². The Labute approximate surface area is 243 Å². The number of carboxylic acid groups (broad SMARTS) is 2. The molecule has 0 radical (unpaired) electrons. The van der Waals surface area contributed by atoms with E-state index >= 15 is 0 Å². The summed E-state index contributed by atoms with van der Waals surface area (Å²) in [6.45, 7) is 6.82. The van der Waals surface area contributed by atoms with E-state index in [1.165, 1.54) is 16.8 Å². The number of piperazine rings is 1. The number of aryl methyl sites for hydroxylation is 1. The van der Waals surface area contributed by atoms with E-state index in [0.717, 1.165) is 66.6 Å². The highest BCUT2D eigenvalue weighted by Crippen LogP contribution is 2.42. The zero-order valence-corrected chi connectivity index (χ0v) is 23.4. The number of rotatable bonds is 3. The Bertz CT molecular complexity index is 1510. The summed E-state index contributed by atoms with van der Waals surface area (Å²) in [7, 11) is 0. The fraction of sp³-hybridized carbons (Fsp3) is 0.444. The summed E-state index contributed by atoms with van der Waals surface area (Å²) in [6.07, 6.45) is -0.287. The molecule has 1 amide bonds. The zero-order valence-electron chi connectivity index (χ0n) is 22.6. The van der Waals surface area contributed by atoms with Crippen LogP contribution >= 0.6 is 11.6 Å². The minimum atomic E-state index is -5.08. The number of H-pyrrole nitrogens is 1. The van der Waals surface area contributed by atoms with Crippen molar-refractivity contribution in [1.82, 2.24) is 25.1 Å². The Morgan fingerprint density at radius 1 is 1.05 bits per heavy atom. The SMILES string of the molecule is Cc1ccc(Cl)cc1N1CCN(c2ncnc3[nH]nc(C=C4C[C@@H]5CN(C(=O)O)C[C@@H]5C4)c23)CC1.O=C(O)C(F)(F)F. The van der Waals surface area contributed by atoms with Crippen LogP contribution in [0, 0.1) is 18.8 Å². The number of allylic oxidation sites excluding steroid dienone is 1. The summed E-state index contributed by atoms with van der Waals surface area (Å²) in [4.78, 5) is 35.5. The molecule has 2 aromatic heterocycles. The molecule has 3 aromatic rings. The van der Waals surface area contributed by atoms with Crippen molar-refractivity contribution in [3.63, 3.8) is 0 Å². The number of fused-ring (bicyclic) bond motifs is 2. The monoisotopic (exact) mass is 607 g/mol. The second-order valence-electron chi connectivity index (χ2n) is 10.7. The first-order valence-corrected chi connectivity index (χ1v) is 13.7. The molecular formula is C27H29ClF3N7O4. The molecular weight excluding hydrogens is 579 g/mol. The number of aromatic nitrogens is 4. The fourth-order valence-electron chi connectivity index (χ4n) is 5.92. The Kier molecular flexibility index (Phi) is 8.17. The van der Waals surface area contributed by atoms with Crippen molar-refractivity contribution in [2.75, 3.05) is 49.1 Å². The van der Waals surface area contributed by atoms with Gasteiger partial charge in [0.15, 0.2) is 5.65 Å². The van der Waals surface area contributed by atoms with Crippen molar-refractivity contribution in [3.8, 4) is 0 Å². The normalized spacial score (nSPS) is 21.5. The highest BCUT2D eigenvalue weighted by atomic mass is 35.5. The van der Waals surface area contributed by atoms with E-state index in [-0.39, 0.29) is 0 Å². The van der Waals surface area contributed by atoms with Gasteiger partial charge in [0.05, 0.1) is 11.1 Å². The third-order valence-electron chi connectivity index (χ3n) is 7.94. The number of alkyl halides is 3. The van der Waals surface area contributed by atoms with E-state index in [2.05, 4.69) is 49.0 Å². The van der Waals surface area contributed by atoms with Crippen molar-refractivity contribution >= 4 is 52.3 Å². The van der Waals surface area contributed by atoms with Gasteiger partial charge in [-0.25, -0.2) is 19.6 Å². The van der Waals surface area contributed by atoms with Crippen LogP contribution in [0.3, 0.4) is 0 Å². The van der Waals surface area contributed by atoms with Gasteiger partial charge in [0, 0.05) is 50.0 Å². The molecule has 224 valence electrons. The molecule has 42 heavy (non-hydrogen) atoms. The van der Waals surface area contributed by atoms with Gasteiger partial charge in [-0.1, -0.05) is 23.2 Å². The number of nitrogens with one attached hydrogen (secondary N) is 1. The molecule has 0 unspecified atom stereocenters. The molecule has 1 saturated carbocycles. The Morgan fingerprint density at radius 3 is 2.26 bits per heavy atom. The number of amides is 1. The maximum atomic E-state index is 11.3. The lowest BCUT2D eigenvalue weighted by Crippen LogP contribution is -2.47. The predicted molar refractivity (Wildman–Crippen MR) is 150 cm³/mol. The molecule has 1 aliphatic carbocycles. The average molecular weight is 608 g/mol. The third kappa shape index (κ3) is 6.22. The van der Waals surface area contributed by atoms with Gasteiger partial charge in [0.25, 0.3) is 0 Å². The van der Waals surface area contributed by atoms with Crippen molar-refractivity contribution < 1.29 is 33.0 Å². The van der Waals surface area contributed by atoms with E-state index < -0.39 is 18.2 Å².